The Bertz CT molecular complexity index is 864. The zero-order valence-corrected chi connectivity index (χ0v) is 12.9. The second-order valence-corrected chi connectivity index (χ2v) is 5.22. The fourth-order valence-corrected chi connectivity index (χ4v) is 2.64. The molecule has 6 nitrogen and oxygen atoms in total. The minimum Gasteiger partial charge on any atom is -0.497 e. The number of aliphatic hydroxyl groups is 1. The number of ether oxygens (including phenoxy) is 2. The van der Waals surface area contributed by atoms with Crippen molar-refractivity contribution >= 4 is 10.9 Å². The zero-order chi connectivity index (χ0) is 16.4. The Morgan fingerprint density at radius 2 is 1.96 bits per heavy atom. The van der Waals surface area contributed by atoms with Gasteiger partial charge in [-0.2, -0.15) is 0 Å². The molecule has 2 heterocycles. The number of hydrogen-bond acceptors (Lipinski definition) is 4. The van der Waals surface area contributed by atoms with Crippen molar-refractivity contribution in [3.8, 4) is 5.75 Å². The number of rotatable bonds is 5. The van der Waals surface area contributed by atoms with Crippen LogP contribution in [0, 0.1) is 0 Å². The number of nitrogens with zero attached hydrogens (tertiary/aromatic N) is 1. The van der Waals surface area contributed by atoms with E-state index in [-0.39, 0.29) is 5.56 Å². The van der Waals surface area contributed by atoms with Gasteiger partial charge < -0.3 is 24.1 Å². The highest BCUT2D eigenvalue weighted by atomic mass is 16.6. The number of hydrogen-bond donors (Lipinski definition) is 2. The molecule has 1 unspecified atom stereocenters. The zero-order valence-electron chi connectivity index (χ0n) is 12.9. The number of nitrogens with one attached hydrogen (secondary N) is 1. The second kappa shape index (κ2) is 6.28. The number of aliphatic hydroxyl groups excluding tert-OH is 1. The van der Waals surface area contributed by atoms with Crippen molar-refractivity contribution in [2.75, 3.05) is 14.2 Å². The lowest BCUT2D eigenvalue weighted by molar-refractivity contribution is -0.0762. The van der Waals surface area contributed by atoms with E-state index in [1.807, 2.05) is 35.0 Å². The van der Waals surface area contributed by atoms with Crippen LogP contribution in [0.15, 0.2) is 47.5 Å². The van der Waals surface area contributed by atoms with Gasteiger partial charge in [0.05, 0.1) is 18.0 Å². The van der Waals surface area contributed by atoms with Gasteiger partial charge in [0.1, 0.15) is 5.75 Å². The lowest BCUT2D eigenvalue weighted by Crippen LogP contribution is -2.12. The van der Waals surface area contributed by atoms with E-state index >= 15 is 0 Å². The first-order valence-corrected chi connectivity index (χ1v) is 7.18. The van der Waals surface area contributed by atoms with Crippen LogP contribution in [-0.4, -0.2) is 28.9 Å². The number of pyridine rings is 1. The van der Waals surface area contributed by atoms with E-state index in [2.05, 4.69) is 4.98 Å². The van der Waals surface area contributed by atoms with E-state index in [1.165, 1.54) is 13.3 Å². The highest BCUT2D eigenvalue weighted by Gasteiger charge is 2.16. The first-order chi connectivity index (χ1) is 11.1. The summed E-state index contributed by atoms with van der Waals surface area (Å²) in [6.07, 6.45) is 2.22. The van der Waals surface area contributed by atoms with Crippen LogP contribution < -0.4 is 10.3 Å². The molecular formula is C17H18N2O4. The molecule has 0 saturated heterocycles. The normalized spacial score (nSPS) is 12.5. The molecule has 0 saturated carbocycles. The summed E-state index contributed by atoms with van der Waals surface area (Å²) in [6, 6.07) is 9.44. The number of fused-ring (bicyclic) bond motifs is 1. The first-order valence-electron chi connectivity index (χ1n) is 7.18. The lowest BCUT2D eigenvalue weighted by Gasteiger charge is -2.13. The van der Waals surface area contributed by atoms with Crippen LogP contribution in [0.2, 0.25) is 0 Å². The molecule has 2 N–H and O–H groups in total. The van der Waals surface area contributed by atoms with Gasteiger partial charge in [0.15, 0.2) is 6.29 Å². The van der Waals surface area contributed by atoms with Gasteiger partial charge in [0.25, 0.3) is 5.56 Å². The predicted molar refractivity (Wildman–Crippen MR) is 86.6 cm³/mol. The van der Waals surface area contributed by atoms with E-state index < -0.39 is 6.29 Å². The number of aromatic amines is 1. The molecule has 0 fully saturated rings. The van der Waals surface area contributed by atoms with E-state index in [9.17, 15) is 9.90 Å². The summed E-state index contributed by atoms with van der Waals surface area (Å²) in [6.45, 7) is 0.570. The van der Waals surface area contributed by atoms with Crippen molar-refractivity contribution in [2.45, 2.75) is 12.8 Å². The van der Waals surface area contributed by atoms with Crippen LogP contribution in [0.1, 0.15) is 17.4 Å². The fraction of sp³-hybridized carbons (Fsp3) is 0.235. The predicted octanol–water partition coefficient (Wildman–Crippen LogP) is 2.02. The van der Waals surface area contributed by atoms with E-state index in [1.54, 1.807) is 13.2 Å². The summed E-state index contributed by atoms with van der Waals surface area (Å²) in [5.74, 6) is 0.790. The summed E-state index contributed by atoms with van der Waals surface area (Å²) in [7, 11) is 3.04. The quantitative estimate of drug-likeness (QED) is 0.707. The molecule has 0 bridgehead atoms. The molecule has 2 aromatic heterocycles. The summed E-state index contributed by atoms with van der Waals surface area (Å²) < 4.78 is 12.1. The molecular weight excluding hydrogens is 296 g/mol. The molecule has 3 aromatic rings. The molecule has 3 rings (SSSR count). The van der Waals surface area contributed by atoms with Gasteiger partial charge in [-0.1, -0.05) is 12.1 Å². The first kappa shape index (κ1) is 15.3. The Morgan fingerprint density at radius 1 is 1.22 bits per heavy atom. The topological polar surface area (TPSA) is 76.5 Å². The third-order valence-corrected chi connectivity index (χ3v) is 3.84. The van der Waals surface area contributed by atoms with Crippen LogP contribution in [0.25, 0.3) is 10.9 Å². The Morgan fingerprint density at radius 3 is 2.61 bits per heavy atom. The maximum Gasteiger partial charge on any atom is 0.257 e. The maximum absolute atomic E-state index is 12.0. The van der Waals surface area contributed by atoms with Crippen LogP contribution in [-0.2, 0) is 11.3 Å². The molecule has 0 radical (unpaired) electrons. The molecule has 23 heavy (non-hydrogen) atoms. The monoisotopic (exact) mass is 314 g/mol. The smallest absolute Gasteiger partial charge is 0.257 e. The van der Waals surface area contributed by atoms with Crippen LogP contribution in [0.3, 0.4) is 0 Å². The van der Waals surface area contributed by atoms with Gasteiger partial charge in [0, 0.05) is 31.6 Å². The molecule has 6 heteroatoms. The molecule has 120 valence electrons. The second-order valence-electron chi connectivity index (χ2n) is 5.22. The van der Waals surface area contributed by atoms with Crippen LogP contribution in [0.5, 0.6) is 5.75 Å². The highest BCUT2D eigenvalue weighted by molar-refractivity contribution is 5.82. The van der Waals surface area contributed by atoms with Crippen molar-refractivity contribution in [2.24, 2.45) is 0 Å². The summed E-state index contributed by atoms with van der Waals surface area (Å²) in [5, 5.41) is 10.5. The number of methoxy groups -OCH3 is 2. The standard InChI is InChI=1S/C17H18N2O4/c1-22-12-5-3-11(4-6-12)10-19-8-7-13-15(19)14(17(21)23-2)9-18-16(13)20/h3-9,17,21H,10H2,1-2H3,(H,18,20). The lowest BCUT2D eigenvalue weighted by atomic mass is 10.2. The number of benzene rings is 1. The summed E-state index contributed by atoms with van der Waals surface area (Å²) in [5.41, 5.74) is 2.06. The van der Waals surface area contributed by atoms with E-state index in [4.69, 9.17) is 9.47 Å². The Kier molecular flexibility index (Phi) is 4.18. The van der Waals surface area contributed by atoms with Crippen molar-refractivity contribution in [3.05, 3.63) is 64.2 Å². The Hall–Kier alpha value is -2.57. The molecule has 0 aliphatic rings. The minimum atomic E-state index is -1.10. The largest absolute Gasteiger partial charge is 0.497 e. The number of H-pyrrole nitrogens is 1. The van der Waals surface area contributed by atoms with Gasteiger partial charge in [-0.15, -0.1) is 0 Å². The van der Waals surface area contributed by atoms with Crippen molar-refractivity contribution in [1.29, 1.82) is 0 Å². The Balaban J connectivity index is 2.06. The van der Waals surface area contributed by atoms with Crippen molar-refractivity contribution in [3.63, 3.8) is 0 Å². The molecule has 1 aromatic carbocycles. The van der Waals surface area contributed by atoms with Gasteiger partial charge in [-0.25, -0.2) is 0 Å². The molecule has 0 aliphatic heterocycles. The number of aromatic nitrogens is 2. The highest BCUT2D eigenvalue weighted by Crippen LogP contribution is 2.24. The molecule has 0 aliphatic carbocycles. The van der Waals surface area contributed by atoms with Gasteiger partial charge in [-0.05, 0) is 23.8 Å². The SMILES string of the molecule is COc1ccc(Cn2ccc3c(=O)[nH]cc(C(O)OC)c32)cc1. The Labute approximate surface area is 132 Å². The average Bonchev–Trinajstić information content (AvgIpc) is 3.00. The molecule has 0 spiro atoms. The maximum atomic E-state index is 12.0. The van der Waals surface area contributed by atoms with E-state index in [0.29, 0.717) is 23.0 Å². The average molecular weight is 314 g/mol. The van der Waals surface area contributed by atoms with Gasteiger partial charge in [0.2, 0.25) is 0 Å². The van der Waals surface area contributed by atoms with E-state index in [0.717, 1.165) is 11.3 Å². The molecule has 0 amide bonds. The summed E-state index contributed by atoms with van der Waals surface area (Å²) >= 11 is 0. The van der Waals surface area contributed by atoms with Crippen LogP contribution in [0.4, 0.5) is 0 Å². The minimum absolute atomic E-state index is 0.194. The summed E-state index contributed by atoms with van der Waals surface area (Å²) in [4.78, 5) is 14.6. The van der Waals surface area contributed by atoms with Crippen molar-refractivity contribution < 1.29 is 14.6 Å². The third-order valence-electron chi connectivity index (χ3n) is 3.84. The van der Waals surface area contributed by atoms with Gasteiger partial charge >= 0.3 is 0 Å². The van der Waals surface area contributed by atoms with Crippen LogP contribution >= 0.6 is 0 Å². The fourth-order valence-electron chi connectivity index (χ4n) is 2.64. The van der Waals surface area contributed by atoms with Gasteiger partial charge in [-0.3, -0.25) is 4.79 Å². The van der Waals surface area contributed by atoms with Crippen molar-refractivity contribution in [1.82, 2.24) is 9.55 Å². The third kappa shape index (κ3) is 2.86. The molecule has 1 atom stereocenters.